The summed E-state index contributed by atoms with van der Waals surface area (Å²) in [6, 6.07) is 19.1. The molecule has 1 saturated carbocycles. The molecule has 1 aliphatic rings. The highest BCUT2D eigenvalue weighted by Crippen LogP contribution is 2.29. The SMILES string of the molecule is CC1CCCC(NC(=O)COC(=O)c2nc(-c3ccccc3)n(-c3ccccc3)n2)C1C. The molecule has 0 radical (unpaired) electrons. The van der Waals surface area contributed by atoms with Crippen LogP contribution in [0.5, 0.6) is 0 Å². The zero-order valence-electron chi connectivity index (χ0n) is 18.4. The van der Waals surface area contributed by atoms with Crippen molar-refractivity contribution in [3.05, 3.63) is 66.5 Å². The van der Waals surface area contributed by atoms with E-state index in [4.69, 9.17) is 4.74 Å². The van der Waals surface area contributed by atoms with E-state index in [1.165, 1.54) is 6.42 Å². The summed E-state index contributed by atoms with van der Waals surface area (Å²) in [7, 11) is 0. The van der Waals surface area contributed by atoms with Gasteiger partial charge in [0.25, 0.3) is 11.7 Å². The molecule has 1 aromatic heterocycles. The Morgan fingerprint density at radius 2 is 1.72 bits per heavy atom. The van der Waals surface area contributed by atoms with Crippen molar-refractivity contribution in [3.8, 4) is 17.1 Å². The summed E-state index contributed by atoms with van der Waals surface area (Å²) < 4.78 is 6.85. The standard InChI is InChI=1S/C25H28N4O3/c1-17-10-9-15-21(18(17)2)26-22(30)16-32-25(31)23-27-24(19-11-5-3-6-12-19)29(28-23)20-13-7-4-8-14-20/h3-8,11-14,17-18,21H,9-10,15-16H2,1-2H3,(H,26,30). The van der Waals surface area contributed by atoms with Crippen molar-refractivity contribution in [1.29, 1.82) is 0 Å². The molecule has 3 aromatic rings. The zero-order valence-corrected chi connectivity index (χ0v) is 18.4. The number of carbonyl (C=O) groups excluding carboxylic acids is 2. The molecule has 0 bridgehead atoms. The lowest BCUT2D eigenvalue weighted by atomic mass is 9.78. The van der Waals surface area contributed by atoms with Gasteiger partial charge in [0.2, 0.25) is 0 Å². The number of nitrogens with one attached hydrogen (secondary N) is 1. The van der Waals surface area contributed by atoms with E-state index in [9.17, 15) is 9.59 Å². The molecular formula is C25H28N4O3. The predicted octanol–water partition coefficient (Wildman–Crippen LogP) is 4.03. The Balaban J connectivity index is 1.47. The van der Waals surface area contributed by atoms with Gasteiger partial charge in [0.05, 0.1) is 5.69 Å². The Morgan fingerprint density at radius 3 is 2.44 bits per heavy atom. The molecule has 3 unspecified atom stereocenters. The number of carbonyl (C=O) groups is 2. The minimum absolute atomic E-state index is 0.0832. The van der Waals surface area contributed by atoms with Crippen molar-refractivity contribution in [2.75, 3.05) is 6.61 Å². The first-order valence-corrected chi connectivity index (χ1v) is 11.1. The highest BCUT2D eigenvalue weighted by molar-refractivity contribution is 5.88. The zero-order chi connectivity index (χ0) is 22.5. The number of para-hydroxylation sites is 1. The van der Waals surface area contributed by atoms with Crippen LogP contribution in [-0.2, 0) is 9.53 Å². The molecule has 3 atom stereocenters. The Labute approximate surface area is 187 Å². The smallest absolute Gasteiger partial charge is 0.378 e. The van der Waals surface area contributed by atoms with E-state index in [-0.39, 0.29) is 24.4 Å². The number of rotatable bonds is 6. The molecule has 0 spiro atoms. The van der Waals surface area contributed by atoms with E-state index in [0.29, 0.717) is 17.7 Å². The fourth-order valence-corrected chi connectivity index (χ4v) is 4.15. The number of nitrogens with zero attached hydrogens (tertiary/aromatic N) is 3. The normalized spacial score (nSPS) is 20.5. The van der Waals surface area contributed by atoms with Crippen molar-refractivity contribution >= 4 is 11.9 Å². The molecule has 0 saturated heterocycles. The summed E-state index contributed by atoms with van der Waals surface area (Å²) >= 11 is 0. The molecule has 0 aliphatic heterocycles. The van der Waals surface area contributed by atoms with Gasteiger partial charge in [0.15, 0.2) is 12.4 Å². The van der Waals surface area contributed by atoms with Gasteiger partial charge in [-0.15, -0.1) is 5.10 Å². The van der Waals surface area contributed by atoms with Crippen LogP contribution in [0.25, 0.3) is 17.1 Å². The first-order valence-electron chi connectivity index (χ1n) is 11.1. The van der Waals surface area contributed by atoms with Crippen LogP contribution < -0.4 is 5.32 Å². The molecule has 166 valence electrons. The van der Waals surface area contributed by atoms with Crippen LogP contribution in [0.1, 0.15) is 43.7 Å². The number of ether oxygens (including phenoxy) is 1. The second kappa shape index (κ2) is 9.77. The number of hydrogen-bond acceptors (Lipinski definition) is 5. The maximum Gasteiger partial charge on any atom is 0.378 e. The van der Waals surface area contributed by atoms with Gasteiger partial charge in [-0.05, 0) is 30.4 Å². The third-order valence-corrected chi connectivity index (χ3v) is 6.21. The fraction of sp³-hybridized carbons (Fsp3) is 0.360. The summed E-state index contributed by atoms with van der Waals surface area (Å²) in [5.74, 6) is 0.393. The molecule has 1 fully saturated rings. The Kier molecular flexibility index (Phi) is 6.63. The molecule has 4 rings (SSSR count). The Bertz CT molecular complexity index is 1010. The first-order chi connectivity index (χ1) is 15.5. The Hall–Kier alpha value is -3.48. The van der Waals surface area contributed by atoms with Crippen molar-refractivity contribution in [2.24, 2.45) is 11.8 Å². The van der Waals surface area contributed by atoms with Crippen LogP contribution in [0.15, 0.2) is 60.7 Å². The van der Waals surface area contributed by atoms with Crippen LogP contribution in [0.2, 0.25) is 0 Å². The number of esters is 1. The van der Waals surface area contributed by atoms with E-state index < -0.39 is 5.97 Å². The summed E-state index contributed by atoms with van der Waals surface area (Å²) in [5.41, 5.74) is 1.59. The van der Waals surface area contributed by atoms with Gasteiger partial charge in [-0.1, -0.05) is 75.2 Å². The minimum Gasteiger partial charge on any atom is -0.450 e. The topological polar surface area (TPSA) is 86.1 Å². The molecule has 1 amide bonds. The lowest BCUT2D eigenvalue weighted by Crippen LogP contribution is -2.45. The first kappa shape index (κ1) is 21.7. The highest BCUT2D eigenvalue weighted by Gasteiger charge is 2.28. The van der Waals surface area contributed by atoms with Gasteiger partial charge in [0, 0.05) is 11.6 Å². The monoisotopic (exact) mass is 432 g/mol. The number of aromatic nitrogens is 3. The van der Waals surface area contributed by atoms with Crippen molar-refractivity contribution in [2.45, 2.75) is 39.2 Å². The van der Waals surface area contributed by atoms with E-state index in [1.54, 1.807) is 4.68 Å². The van der Waals surface area contributed by atoms with Gasteiger partial charge >= 0.3 is 5.97 Å². The van der Waals surface area contributed by atoms with Crippen LogP contribution in [0, 0.1) is 11.8 Å². The second-order valence-electron chi connectivity index (χ2n) is 8.39. The Morgan fingerprint density at radius 1 is 1.03 bits per heavy atom. The van der Waals surface area contributed by atoms with Crippen LogP contribution >= 0.6 is 0 Å². The van der Waals surface area contributed by atoms with Crippen LogP contribution in [0.3, 0.4) is 0 Å². The summed E-state index contributed by atoms with van der Waals surface area (Å²) in [6.45, 7) is 4.02. The molecular weight excluding hydrogens is 404 g/mol. The molecule has 32 heavy (non-hydrogen) atoms. The van der Waals surface area contributed by atoms with Crippen molar-refractivity contribution in [3.63, 3.8) is 0 Å². The lowest BCUT2D eigenvalue weighted by Gasteiger charge is -2.34. The average Bonchev–Trinajstić information content (AvgIpc) is 3.27. The number of benzene rings is 2. The third kappa shape index (κ3) is 4.88. The van der Waals surface area contributed by atoms with Gasteiger partial charge in [-0.3, -0.25) is 4.79 Å². The van der Waals surface area contributed by atoms with Crippen LogP contribution in [-0.4, -0.2) is 39.3 Å². The van der Waals surface area contributed by atoms with E-state index in [0.717, 1.165) is 24.1 Å². The minimum atomic E-state index is -0.725. The number of hydrogen-bond donors (Lipinski definition) is 1. The lowest BCUT2D eigenvalue weighted by molar-refractivity contribution is -0.125. The maximum absolute atomic E-state index is 12.6. The molecule has 7 nitrogen and oxygen atoms in total. The van der Waals surface area contributed by atoms with Gasteiger partial charge in [-0.25, -0.2) is 14.5 Å². The van der Waals surface area contributed by atoms with E-state index in [1.807, 2.05) is 60.7 Å². The molecule has 1 heterocycles. The molecule has 7 heteroatoms. The molecule has 1 N–H and O–H groups in total. The summed E-state index contributed by atoms with van der Waals surface area (Å²) in [4.78, 5) is 29.4. The third-order valence-electron chi connectivity index (χ3n) is 6.21. The summed E-state index contributed by atoms with van der Waals surface area (Å²) in [6.07, 6.45) is 3.23. The van der Waals surface area contributed by atoms with Crippen molar-refractivity contribution in [1.82, 2.24) is 20.1 Å². The quantitative estimate of drug-likeness (QED) is 0.595. The van der Waals surface area contributed by atoms with Crippen molar-refractivity contribution < 1.29 is 14.3 Å². The predicted molar refractivity (Wildman–Crippen MR) is 121 cm³/mol. The van der Waals surface area contributed by atoms with E-state index in [2.05, 4.69) is 29.2 Å². The maximum atomic E-state index is 12.6. The number of amides is 1. The molecule has 2 aromatic carbocycles. The van der Waals surface area contributed by atoms with Crippen LogP contribution in [0.4, 0.5) is 0 Å². The average molecular weight is 433 g/mol. The molecule has 1 aliphatic carbocycles. The van der Waals surface area contributed by atoms with Gasteiger partial charge < -0.3 is 10.1 Å². The second-order valence-corrected chi connectivity index (χ2v) is 8.39. The summed E-state index contributed by atoms with van der Waals surface area (Å²) in [5, 5.41) is 7.38. The largest absolute Gasteiger partial charge is 0.450 e. The van der Waals surface area contributed by atoms with Gasteiger partial charge in [0.1, 0.15) is 0 Å². The fourth-order valence-electron chi connectivity index (χ4n) is 4.15. The van der Waals surface area contributed by atoms with E-state index >= 15 is 0 Å². The van der Waals surface area contributed by atoms with Gasteiger partial charge in [-0.2, -0.15) is 0 Å². The highest BCUT2D eigenvalue weighted by atomic mass is 16.5.